The van der Waals surface area contributed by atoms with E-state index in [0.717, 1.165) is 43.6 Å². The molecule has 3 rings (SSSR count). The number of pyridine rings is 1. The zero-order valence-corrected chi connectivity index (χ0v) is 13.3. The van der Waals surface area contributed by atoms with Gasteiger partial charge in [0.2, 0.25) is 5.88 Å². The molecule has 0 spiro atoms. The molecule has 2 fully saturated rings. The Morgan fingerprint density at radius 1 is 1.32 bits per heavy atom. The van der Waals surface area contributed by atoms with Crippen molar-refractivity contribution in [3.8, 4) is 5.88 Å². The summed E-state index contributed by atoms with van der Waals surface area (Å²) < 4.78 is 5.90. The smallest absolute Gasteiger partial charge is 0.256 e. The van der Waals surface area contributed by atoms with E-state index in [1.807, 2.05) is 11.8 Å². The lowest BCUT2D eigenvalue weighted by molar-refractivity contribution is 0.0861. The Morgan fingerprint density at radius 2 is 2.14 bits per heavy atom. The third kappa shape index (κ3) is 3.93. The van der Waals surface area contributed by atoms with Crippen LogP contribution in [0, 0.1) is 0 Å². The van der Waals surface area contributed by atoms with Crippen LogP contribution < -0.4 is 10.1 Å². The van der Waals surface area contributed by atoms with Gasteiger partial charge in [-0.25, -0.2) is 4.98 Å². The number of carbonyl (C=O) groups excluding carboxylic acids is 1. The van der Waals surface area contributed by atoms with Gasteiger partial charge < -0.3 is 15.2 Å². The first-order valence-corrected chi connectivity index (χ1v) is 9.06. The van der Waals surface area contributed by atoms with Gasteiger partial charge in [-0.2, -0.15) is 11.8 Å². The number of thioether (sulfide) groups is 1. The Labute approximate surface area is 134 Å². The average molecular weight is 322 g/mol. The summed E-state index contributed by atoms with van der Waals surface area (Å²) in [6.45, 7) is 0. The monoisotopic (exact) mass is 322 g/mol. The number of ether oxygens (including phenoxy) is 1. The number of hydrogen-bond donors (Lipinski definition) is 2. The topological polar surface area (TPSA) is 71.5 Å². The highest BCUT2D eigenvalue weighted by atomic mass is 32.2. The van der Waals surface area contributed by atoms with Gasteiger partial charge in [-0.3, -0.25) is 4.79 Å². The summed E-state index contributed by atoms with van der Waals surface area (Å²) in [5.74, 6) is 2.36. The molecule has 1 aliphatic heterocycles. The van der Waals surface area contributed by atoms with E-state index in [-0.39, 0.29) is 24.2 Å². The maximum atomic E-state index is 12.5. The van der Waals surface area contributed by atoms with Crippen molar-refractivity contribution in [3.05, 3.63) is 23.9 Å². The van der Waals surface area contributed by atoms with Crippen LogP contribution in [0.2, 0.25) is 0 Å². The zero-order valence-electron chi connectivity index (χ0n) is 12.5. The molecule has 0 radical (unpaired) electrons. The molecule has 2 aliphatic rings. The second-order valence-corrected chi connectivity index (χ2v) is 7.09. The fraction of sp³-hybridized carbons (Fsp3) is 0.625. The van der Waals surface area contributed by atoms with Crippen molar-refractivity contribution in [2.24, 2.45) is 0 Å². The predicted octanol–water partition coefficient (Wildman–Crippen LogP) is 2.00. The second kappa shape index (κ2) is 7.33. The fourth-order valence-electron chi connectivity index (χ4n) is 2.90. The number of aromatic nitrogens is 1. The van der Waals surface area contributed by atoms with E-state index in [4.69, 9.17) is 4.74 Å². The number of aliphatic hydroxyl groups is 1. The van der Waals surface area contributed by atoms with E-state index in [1.165, 1.54) is 0 Å². The summed E-state index contributed by atoms with van der Waals surface area (Å²) in [4.78, 5) is 16.7. The Balaban J connectivity index is 1.64. The maximum Gasteiger partial charge on any atom is 0.256 e. The molecule has 1 amide bonds. The minimum Gasteiger partial charge on any atom is -0.473 e. The number of nitrogens with zero attached hydrogens (tertiary/aromatic N) is 1. The van der Waals surface area contributed by atoms with E-state index >= 15 is 0 Å². The Morgan fingerprint density at radius 3 is 2.86 bits per heavy atom. The van der Waals surface area contributed by atoms with Crippen molar-refractivity contribution in [3.63, 3.8) is 0 Å². The molecular formula is C16H22N2O3S. The Hall–Kier alpha value is -1.27. The highest BCUT2D eigenvalue weighted by Gasteiger charge is 2.24. The summed E-state index contributed by atoms with van der Waals surface area (Å²) in [5, 5.41) is 12.6. The van der Waals surface area contributed by atoms with Crippen LogP contribution in [0.3, 0.4) is 0 Å². The molecule has 1 saturated carbocycles. The van der Waals surface area contributed by atoms with E-state index < -0.39 is 0 Å². The molecule has 1 saturated heterocycles. The Bertz CT molecular complexity index is 512. The molecule has 1 atom stereocenters. The van der Waals surface area contributed by atoms with Crippen molar-refractivity contribution in [2.45, 2.75) is 50.4 Å². The van der Waals surface area contributed by atoms with Crippen molar-refractivity contribution in [1.82, 2.24) is 10.3 Å². The summed E-state index contributed by atoms with van der Waals surface area (Å²) in [6, 6.07) is 3.65. The number of aliphatic hydroxyl groups excluding tert-OH is 1. The maximum absolute atomic E-state index is 12.5. The summed E-state index contributed by atoms with van der Waals surface area (Å²) in [5.41, 5.74) is 0.505. The molecule has 0 aromatic carbocycles. The van der Waals surface area contributed by atoms with Crippen LogP contribution in [0.15, 0.2) is 18.3 Å². The summed E-state index contributed by atoms with van der Waals surface area (Å²) >= 11 is 1.87. The molecule has 1 aromatic rings. The van der Waals surface area contributed by atoms with Gasteiger partial charge in [0.25, 0.3) is 5.91 Å². The van der Waals surface area contributed by atoms with E-state index in [1.54, 1.807) is 18.3 Å². The SMILES string of the molecule is O=C(NC1CCC(O)CC1)c1cccnc1OC1CCSC1. The third-order valence-electron chi connectivity index (χ3n) is 4.21. The van der Waals surface area contributed by atoms with Crippen LogP contribution in [0.4, 0.5) is 0 Å². The highest BCUT2D eigenvalue weighted by Crippen LogP contribution is 2.25. The van der Waals surface area contributed by atoms with Gasteiger partial charge >= 0.3 is 0 Å². The van der Waals surface area contributed by atoms with Crippen molar-refractivity contribution in [1.29, 1.82) is 0 Å². The number of rotatable bonds is 4. The zero-order chi connectivity index (χ0) is 15.4. The van der Waals surface area contributed by atoms with Crippen molar-refractivity contribution < 1.29 is 14.6 Å². The van der Waals surface area contributed by atoms with Gasteiger partial charge in [0.15, 0.2) is 0 Å². The molecule has 6 heteroatoms. The number of carbonyl (C=O) groups is 1. The average Bonchev–Trinajstić information content (AvgIpc) is 3.03. The molecule has 5 nitrogen and oxygen atoms in total. The van der Waals surface area contributed by atoms with Gasteiger partial charge in [0.05, 0.1) is 6.10 Å². The van der Waals surface area contributed by atoms with E-state index in [2.05, 4.69) is 10.3 Å². The quantitative estimate of drug-likeness (QED) is 0.887. The number of nitrogens with one attached hydrogen (secondary N) is 1. The van der Waals surface area contributed by atoms with Gasteiger partial charge in [-0.05, 0) is 50.0 Å². The molecule has 22 heavy (non-hydrogen) atoms. The lowest BCUT2D eigenvalue weighted by atomic mass is 9.93. The number of hydrogen-bond acceptors (Lipinski definition) is 5. The largest absolute Gasteiger partial charge is 0.473 e. The first-order chi connectivity index (χ1) is 10.7. The van der Waals surface area contributed by atoms with Crippen molar-refractivity contribution >= 4 is 17.7 Å². The van der Waals surface area contributed by atoms with Gasteiger partial charge in [0, 0.05) is 18.0 Å². The van der Waals surface area contributed by atoms with Crippen LogP contribution in [-0.2, 0) is 0 Å². The lowest BCUT2D eigenvalue weighted by Gasteiger charge is -2.26. The molecule has 0 bridgehead atoms. The molecular weight excluding hydrogens is 300 g/mol. The summed E-state index contributed by atoms with van der Waals surface area (Å²) in [6.07, 6.45) is 5.74. The predicted molar refractivity (Wildman–Crippen MR) is 86.3 cm³/mol. The molecule has 1 unspecified atom stereocenters. The first-order valence-electron chi connectivity index (χ1n) is 7.90. The van der Waals surface area contributed by atoms with Crippen LogP contribution >= 0.6 is 11.8 Å². The van der Waals surface area contributed by atoms with Gasteiger partial charge in [-0.1, -0.05) is 0 Å². The summed E-state index contributed by atoms with van der Waals surface area (Å²) in [7, 11) is 0. The molecule has 1 aliphatic carbocycles. The normalized spacial score (nSPS) is 28.3. The van der Waals surface area contributed by atoms with Crippen LogP contribution in [0.1, 0.15) is 42.5 Å². The molecule has 2 N–H and O–H groups in total. The Kier molecular flexibility index (Phi) is 5.20. The molecule has 1 aromatic heterocycles. The lowest BCUT2D eigenvalue weighted by Crippen LogP contribution is -2.38. The van der Waals surface area contributed by atoms with E-state index in [0.29, 0.717) is 11.4 Å². The van der Waals surface area contributed by atoms with Crippen LogP contribution in [0.25, 0.3) is 0 Å². The van der Waals surface area contributed by atoms with Crippen LogP contribution in [0.5, 0.6) is 5.88 Å². The number of amides is 1. The van der Waals surface area contributed by atoms with Gasteiger partial charge in [-0.15, -0.1) is 0 Å². The fourth-order valence-corrected chi connectivity index (χ4v) is 4.00. The third-order valence-corrected chi connectivity index (χ3v) is 5.35. The van der Waals surface area contributed by atoms with Gasteiger partial charge in [0.1, 0.15) is 11.7 Å². The van der Waals surface area contributed by atoms with E-state index in [9.17, 15) is 9.90 Å². The molecule has 120 valence electrons. The second-order valence-electron chi connectivity index (χ2n) is 5.94. The van der Waals surface area contributed by atoms with Crippen LogP contribution in [-0.4, -0.2) is 45.8 Å². The first kappa shape index (κ1) is 15.6. The van der Waals surface area contributed by atoms with Crippen molar-refractivity contribution in [2.75, 3.05) is 11.5 Å². The highest BCUT2D eigenvalue weighted by molar-refractivity contribution is 7.99. The minimum atomic E-state index is -0.217. The molecule has 2 heterocycles. The standard InChI is InChI=1S/C16H22N2O3S/c19-12-5-3-11(4-6-12)18-15(20)14-2-1-8-17-16(14)21-13-7-9-22-10-13/h1-2,8,11-13,19H,3-7,9-10H2,(H,18,20). The minimum absolute atomic E-state index is 0.130.